The van der Waals surface area contributed by atoms with Crippen molar-refractivity contribution in [1.82, 2.24) is 0 Å². The van der Waals surface area contributed by atoms with E-state index in [-0.39, 0.29) is 33.8 Å². The van der Waals surface area contributed by atoms with Crippen LogP contribution in [0, 0.1) is 6.92 Å². The first-order valence-electron chi connectivity index (χ1n) is 21.5. The Morgan fingerprint density at radius 3 is 1.67 bits per heavy atom. The van der Waals surface area contributed by atoms with E-state index in [9.17, 15) is 0 Å². The first-order valence-corrected chi connectivity index (χ1v) is 25.8. The molecule has 1 aromatic heterocycles. The minimum atomic E-state index is -1.85. The molecule has 57 heavy (non-hydrogen) atoms. The zero-order chi connectivity index (χ0) is 41.6. The summed E-state index contributed by atoms with van der Waals surface area (Å²) in [5.74, 6) is 0. The first-order chi connectivity index (χ1) is 26.2. The second-order valence-electron chi connectivity index (χ2n) is 23.2. The number of hydrogen-bond acceptors (Lipinski definition) is 3. The van der Waals surface area contributed by atoms with Gasteiger partial charge >= 0.3 is 0 Å². The summed E-state index contributed by atoms with van der Waals surface area (Å²) in [6.45, 7) is 41.3. The van der Waals surface area contributed by atoms with Crippen molar-refractivity contribution in [2.45, 2.75) is 156 Å². The van der Waals surface area contributed by atoms with Gasteiger partial charge in [0.25, 0.3) is 6.71 Å². The maximum Gasteiger partial charge on any atom is 0.264 e. The Morgan fingerprint density at radius 1 is 0.596 bits per heavy atom. The van der Waals surface area contributed by atoms with Crippen molar-refractivity contribution >= 4 is 81.1 Å². The van der Waals surface area contributed by atoms with Gasteiger partial charge in [-0.1, -0.05) is 146 Å². The van der Waals surface area contributed by atoms with E-state index in [1.807, 2.05) is 0 Å². The second kappa shape index (κ2) is 12.7. The van der Waals surface area contributed by atoms with Gasteiger partial charge in [-0.25, -0.2) is 0 Å². The molecule has 3 aliphatic rings. The van der Waals surface area contributed by atoms with E-state index in [1.165, 1.54) is 84.9 Å². The molecule has 298 valence electrons. The highest BCUT2D eigenvalue weighted by Crippen LogP contribution is 2.56. The summed E-state index contributed by atoms with van der Waals surface area (Å²) in [6.07, 6.45) is 2.39. The molecule has 0 fully saturated rings. The van der Waals surface area contributed by atoms with Crippen LogP contribution in [0.25, 0.3) is 0 Å². The molecule has 2 aliphatic heterocycles. The van der Waals surface area contributed by atoms with Gasteiger partial charge in [-0.15, -0.1) is 0 Å². The fraction of sp³-hybridized carbons (Fsp3) is 0.462. The largest absolute Gasteiger partial charge is 0.311 e. The summed E-state index contributed by atoms with van der Waals surface area (Å²) in [4.78, 5) is 6.99. The monoisotopic (exact) mass is 790 g/mol. The molecule has 4 aromatic carbocycles. The number of hydrogen-bond donors (Lipinski definition) is 0. The highest BCUT2D eigenvalue weighted by Gasteiger charge is 2.51. The summed E-state index contributed by atoms with van der Waals surface area (Å²) in [5, 5.41) is 1.54. The maximum atomic E-state index is 2.80. The van der Waals surface area contributed by atoms with Gasteiger partial charge in [0.15, 0.2) is 0 Å². The lowest BCUT2D eigenvalue weighted by molar-refractivity contribution is 0.339. The summed E-state index contributed by atoms with van der Waals surface area (Å²) in [6, 6.07) is 29.4. The number of fused-ring (bicyclic) bond motifs is 6. The second-order valence-corrected chi connectivity index (χ2v) is 29.3. The van der Waals surface area contributed by atoms with E-state index in [0.717, 1.165) is 0 Å². The Bertz CT molecular complexity index is 2420. The number of nitrogens with zero attached hydrogens (tertiary/aromatic N) is 2. The Hall–Kier alpha value is -3.54. The fourth-order valence-electron chi connectivity index (χ4n) is 9.82. The number of anilines is 6. The van der Waals surface area contributed by atoms with Gasteiger partial charge in [0, 0.05) is 38.1 Å². The van der Waals surface area contributed by atoms with Crippen LogP contribution in [-0.4, -0.2) is 14.8 Å². The molecular weight excluding hydrogens is 724 g/mol. The molecule has 5 aromatic rings. The Morgan fingerprint density at radius 2 is 1.11 bits per heavy atom. The molecule has 0 N–H and O–H groups in total. The normalized spacial score (nSPS) is 17.2. The predicted molar refractivity (Wildman–Crippen MR) is 257 cm³/mol. The molecule has 0 radical (unpaired) electrons. The quantitative estimate of drug-likeness (QED) is 0.165. The van der Waals surface area contributed by atoms with Crippen molar-refractivity contribution < 1.29 is 0 Å². The number of rotatable bonds is 3. The molecule has 0 saturated heterocycles. The predicted octanol–water partition coefficient (Wildman–Crippen LogP) is 12.9. The summed E-state index contributed by atoms with van der Waals surface area (Å²) in [5.41, 5.74) is 18.3. The molecule has 0 unspecified atom stereocenters. The fourth-order valence-corrected chi connectivity index (χ4v) is 13.1. The lowest BCUT2D eigenvalue weighted by Crippen LogP contribution is -2.61. The average Bonchev–Trinajstić information content (AvgIpc) is 3.51. The van der Waals surface area contributed by atoms with Gasteiger partial charge in [0.05, 0.1) is 13.8 Å². The minimum absolute atomic E-state index is 0.0217. The van der Waals surface area contributed by atoms with Crippen LogP contribution >= 0.6 is 11.3 Å². The zero-order valence-electron chi connectivity index (χ0n) is 38.2. The van der Waals surface area contributed by atoms with E-state index in [1.54, 1.807) is 15.6 Å². The van der Waals surface area contributed by atoms with Crippen LogP contribution < -0.4 is 30.7 Å². The van der Waals surface area contributed by atoms with Crippen LogP contribution in [-0.2, 0) is 27.1 Å². The lowest BCUT2D eigenvalue weighted by atomic mass is 9.35. The highest BCUT2D eigenvalue weighted by molar-refractivity contribution is 7.29. The van der Waals surface area contributed by atoms with Crippen molar-refractivity contribution in [3.05, 3.63) is 105 Å². The average molecular weight is 791 g/mol. The molecule has 3 heterocycles. The van der Waals surface area contributed by atoms with Crippen LogP contribution in [0.1, 0.15) is 136 Å². The Kier molecular flexibility index (Phi) is 8.99. The van der Waals surface area contributed by atoms with Crippen LogP contribution in [0.4, 0.5) is 34.1 Å². The molecule has 8 rings (SSSR count). The van der Waals surface area contributed by atoms with Gasteiger partial charge in [-0.2, -0.15) is 11.3 Å². The molecule has 0 spiro atoms. The highest BCUT2D eigenvalue weighted by atomic mass is 32.1. The summed E-state index contributed by atoms with van der Waals surface area (Å²) in [7, 11) is -1.85. The summed E-state index contributed by atoms with van der Waals surface area (Å²) < 4.78 is 1.53. The number of benzene rings is 4. The topological polar surface area (TPSA) is 6.48 Å². The van der Waals surface area contributed by atoms with Gasteiger partial charge < -0.3 is 9.80 Å². The minimum Gasteiger partial charge on any atom is -0.311 e. The standard InChI is InChI=1S/C52H67BN2SSi/c1-32-28-40-44-41(29-32)55(39-25-21-35(50(8,9)10)31-42(39)57(15,16)17)45-43-46(52(13,14)27-26-51(43,11)12)56-47(45)53(44)37-30-34(49(5,6)7)20-24-38(37)54(40)36-22-18-33(19-23-36)48(2,3)4/h18-25,28-31H,26-27H2,1-17H3. The molecule has 0 atom stereocenters. The molecule has 1 aliphatic carbocycles. The van der Waals surface area contributed by atoms with E-state index in [4.69, 9.17) is 0 Å². The number of aryl methyl sites for hydroxylation is 1. The van der Waals surface area contributed by atoms with E-state index in [2.05, 4.69) is 211 Å². The van der Waals surface area contributed by atoms with Crippen LogP contribution in [0.5, 0.6) is 0 Å². The molecular formula is C52H67BN2SSi. The Balaban J connectivity index is 1.53. The van der Waals surface area contributed by atoms with Crippen molar-refractivity contribution in [2.24, 2.45) is 0 Å². The molecule has 0 bridgehead atoms. The van der Waals surface area contributed by atoms with Gasteiger partial charge in [0.2, 0.25) is 0 Å². The van der Waals surface area contributed by atoms with Crippen LogP contribution in [0.2, 0.25) is 19.6 Å². The van der Waals surface area contributed by atoms with E-state index in [0.29, 0.717) is 0 Å². The van der Waals surface area contributed by atoms with Gasteiger partial charge in [-0.05, 0) is 127 Å². The van der Waals surface area contributed by atoms with Crippen LogP contribution in [0.3, 0.4) is 0 Å². The number of thiophene rings is 1. The van der Waals surface area contributed by atoms with Crippen molar-refractivity contribution in [1.29, 1.82) is 0 Å². The Labute approximate surface area is 351 Å². The SMILES string of the molecule is Cc1cc2c3c(c1)N(c1ccc(C(C)(C)C)cc1[Si](C)(C)C)c1c(sc4c1C(C)(C)CCC4(C)C)B3c1cc(C(C)(C)C)ccc1N2c1ccc(C(C)(C)C)cc1. The summed E-state index contributed by atoms with van der Waals surface area (Å²) >= 11 is 2.14. The van der Waals surface area contributed by atoms with Crippen molar-refractivity contribution in [3.63, 3.8) is 0 Å². The third-order valence-electron chi connectivity index (χ3n) is 13.5. The zero-order valence-corrected chi connectivity index (χ0v) is 40.0. The van der Waals surface area contributed by atoms with E-state index < -0.39 is 8.07 Å². The van der Waals surface area contributed by atoms with Crippen LogP contribution in [0.15, 0.2) is 72.8 Å². The smallest absolute Gasteiger partial charge is 0.264 e. The maximum absolute atomic E-state index is 2.80. The first kappa shape index (κ1) is 40.3. The van der Waals surface area contributed by atoms with Gasteiger partial charge in [-0.3, -0.25) is 0 Å². The van der Waals surface area contributed by atoms with Crippen molar-refractivity contribution in [2.75, 3.05) is 9.80 Å². The molecule has 2 nitrogen and oxygen atoms in total. The third kappa shape index (κ3) is 6.49. The lowest BCUT2D eigenvalue weighted by Gasteiger charge is -2.46. The third-order valence-corrected chi connectivity index (χ3v) is 17.1. The molecule has 5 heteroatoms. The molecule has 0 saturated carbocycles. The van der Waals surface area contributed by atoms with Gasteiger partial charge in [0.1, 0.15) is 0 Å². The van der Waals surface area contributed by atoms with E-state index >= 15 is 0 Å². The van der Waals surface area contributed by atoms with Crippen molar-refractivity contribution in [3.8, 4) is 0 Å². The molecule has 0 amide bonds.